The van der Waals surface area contributed by atoms with Crippen LogP contribution in [0.15, 0.2) is 34.6 Å². The van der Waals surface area contributed by atoms with Crippen LogP contribution < -0.4 is 5.32 Å². The molecule has 0 amide bonds. The van der Waals surface area contributed by atoms with Crippen molar-refractivity contribution in [2.75, 3.05) is 26.2 Å². The molecule has 254 valence electrons. The number of alkyl halides is 1. The Morgan fingerprint density at radius 2 is 1.80 bits per heavy atom. The molecule has 3 aliphatic heterocycles. The molecule has 0 spiro atoms. The van der Waals surface area contributed by atoms with Gasteiger partial charge in [-0.1, -0.05) is 45.8 Å². The SMILES string of the molecule is CCCC1NC2=C(CC1C(C)CC)C(C)N(C1CCN(C[C@@H]3C[C@H](C4CC4)C(C4=CC[C@H](F)CC4)=CC3OC(C)C)CC1)CC2. The third kappa shape index (κ3) is 7.78. The van der Waals surface area contributed by atoms with Crippen molar-refractivity contribution in [2.45, 2.75) is 162 Å². The molecule has 6 rings (SSSR count). The van der Waals surface area contributed by atoms with Crippen molar-refractivity contribution in [3.05, 3.63) is 34.6 Å². The lowest BCUT2D eigenvalue weighted by Gasteiger charge is -2.49. The largest absolute Gasteiger partial charge is 0.385 e. The highest BCUT2D eigenvalue weighted by Gasteiger charge is 2.43. The van der Waals surface area contributed by atoms with Gasteiger partial charge in [0.15, 0.2) is 0 Å². The van der Waals surface area contributed by atoms with Gasteiger partial charge in [-0.2, -0.15) is 0 Å². The first-order valence-electron chi connectivity index (χ1n) is 19.4. The molecular weight excluding hydrogens is 557 g/mol. The standard InChI is InChI=1S/C40H66FN3O/c1-7-9-38-34(27(5)8-2)23-35-28(6)44(21-18-39(35)42-38)33-16-19-43(20-17-33)25-31-22-36(29-10-11-29)37(24-40(31)45-26(3)4)30-12-14-32(41)15-13-30/h12,24,26-29,31-34,36,38,40,42H,7-11,13-23,25H2,1-6H3/t27?,28?,31-,32-,34?,36+,38?,40?/m0/s1. The molecule has 0 aromatic carbocycles. The van der Waals surface area contributed by atoms with Gasteiger partial charge >= 0.3 is 0 Å². The Balaban J connectivity index is 1.09. The maximum atomic E-state index is 14.0. The normalized spacial score (nSPS) is 36.4. The van der Waals surface area contributed by atoms with E-state index in [-0.39, 0.29) is 12.2 Å². The van der Waals surface area contributed by atoms with Crippen molar-refractivity contribution in [1.29, 1.82) is 0 Å². The van der Waals surface area contributed by atoms with E-state index in [4.69, 9.17) is 4.74 Å². The van der Waals surface area contributed by atoms with Crippen LogP contribution in [0.2, 0.25) is 0 Å². The Kier molecular flexibility index (Phi) is 11.2. The average Bonchev–Trinajstić information content (AvgIpc) is 3.88. The Morgan fingerprint density at radius 3 is 2.44 bits per heavy atom. The molecule has 0 aromatic rings. The molecule has 2 fully saturated rings. The van der Waals surface area contributed by atoms with Gasteiger partial charge in [0, 0.05) is 42.8 Å². The summed E-state index contributed by atoms with van der Waals surface area (Å²) in [6.45, 7) is 18.9. The fourth-order valence-corrected chi connectivity index (χ4v) is 10.0. The van der Waals surface area contributed by atoms with Crippen LogP contribution in [-0.4, -0.2) is 72.5 Å². The lowest BCUT2D eigenvalue weighted by Crippen LogP contribution is -2.55. The van der Waals surface area contributed by atoms with Crippen LogP contribution in [0.25, 0.3) is 0 Å². The van der Waals surface area contributed by atoms with Crippen molar-refractivity contribution in [3.8, 4) is 0 Å². The van der Waals surface area contributed by atoms with Crippen molar-refractivity contribution in [2.24, 2.45) is 29.6 Å². The molecule has 6 aliphatic rings. The zero-order valence-corrected chi connectivity index (χ0v) is 29.7. The minimum absolute atomic E-state index is 0.179. The predicted octanol–water partition coefficient (Wildman–Crippen LogP) is 8.84. The summed E-state index contributed by atoms with van der Waals surface area (Å²) in [4.78, 5) is 5.68. The van der Waals surface area contributed by atoms with Crippen LogP contribution in [0.1, 0.15) is 125 Å². The number of nitrogens with zero attached hydrogens (tertiary/aromatic N) is 2. The number of hydrogen-bond donors (Lipinski definition) is 1. The third-order valence-corrected chi connectivity index (χ3v) is 12.9. The van der Waals surface area contributed by atoms with E-state index in [2.05, 4.69) is 68.8 Å². The number of rotatable bonds is 11. The lowest BCUT2D eigenvalue weighted by molar-refractivity contribution is -0.0234. The van der Waals surface area contributed by atoms with Crippen LogP contribution in [0.4, 0.5) is 4.39 Å². The maximum Gasteiger partial charge on any atom is 0.104 e. The highest BCUT2D eigenvalue weighted by Crippen LogP contribution is 2.50. The zero-order chi connectivity index (χ0) is 31.7. The topological polar surface area (TPSA) is 27.7 Å². The molecule has 45 heavy (non-hydrogen) atoms. The van der Waals surface area contributed by atoms with Crippen LogP contribution >= 0.6 is 0 Å². The molecule has 0 bridgehead atoms. The van der Waals surface area contributed by atoms with E-state index < -0.39 is 6.17 Å². The van der Waals surface area contributed by atoms with Crippen molar-refractivity contribution in [3.63, 3.8) is 0 Å². The number of nitrogens with one attached hydrogen (secondary N) is 1. The predicted molar refractivity (Wildman–Crippen MR) is 186 cm³/mol. The van der Waals surface area contributed by atoms with Gasteiger partial charge in [-0.3, -0.25) is 4.90 Å². The molecule has 3 aliphatic carbocycles. The Bertz CT molecular complexity index is 1090. The third-order valence-electron chi connectivity index (χ3n) is 12.9. The van der Waals surface area contributed by atoms with Gasteiger partial charge in [-0.05, 0) is 145 Å². The summed E-state index contributed by atoms with van der Waals surface area (Å²) in [7, 11) is 0. The van der Waals surface area contributed by atoms with E-state index in [0.29, 0.717) is 42.8 Å². The van der Waals surface area contributed by atoms with Gasteiger partial charge in [0.2, 0.25) is 0 Å². The number of allylic oxidation sites excluding steroid dienone is 3. The van der Waals surface area contributed by atoms with Gasteiger partial charge in [-0.25, -0.2) is 4.39 Å². The maximum absolute atomic E-state index is 14.0. The molecule has 5 heteroatoms. The molecule has 1 saturated carbocycles. The first-order valence-corrected chi connectivity index (χ1v) is 19.4. The summed E-state index contributed by atoms with van der Waals surface area (Å²) in [6, 6.07) is 1.94. The summed E-state index contributed by atoms with van der Waals surface area (Å²) in [5.74, 6) is 3.60. The van der Waals surface area contributed by atoms with Gasteiger partial charge in [0.05, 0.1) is 12.2 Å². The van der Waals surface area contributed by atoms with Gasteiger partial charge in [0.1, 0.15) is 6.17 Å². The quantitative estimate of drug-likeness (QED) is 0.249. The number of hydrogen-bond acceptors (Lipinski definition) is 4. The molecule has 3 heterocycles. The Hall–Kier alpha value is -1.17. The number of halogens is 1. The summed E-state index contributed by atoms with van der Waals surface area (Å²) < 4.78 is 20.6. The van der Waals surface area contributed by atoms with Gasteiger partial charge in [-0.15, -0.1) is 0 Å². The second kappa shape index (κ2) is 14.9. The molecular formula is C40H66FN3O. The minimum atomic E-state index is -0.651. The number of piperidine rings is 1. The summed E-state index contributed by atoms with van der Waals surface area (Å²) in [6.07, 6.45) is 19.6. The van der Waals surface area contributed by atoms with Gasteiger partial charge < -0.3 is 15.0 Å². The van der Waals surface area contributed by atoms with Crippen LogP contribution in [0.3, 0.4) is 0 Å². The molecule has 0 radical (unpaired) electrons. The highest BCUT2D eigenvalue weighted by molar-refractivity contribution is 5.38. The van der Waals surface area contributed by atoms with Crippen molar-refractivity contribution >= 4 is 0 Å². The van der Waals surface area contributed by atoms with E-state index in [9.17, 15) is 4.39 Å². The second-order valence-electron chi connectivity index (χ2n) is 16.3. The van der Waals surface area contributed by atoms with E-state index >= 15 is 0 Å². The highest BCUT2D eigenvalue weighted by atomic mass is 19.1. The summed E-state index contributed by atoms with van der Waals surface area (Å²) in [5, 5.41) is 4.10. The van der Waals surface area contributed by atoms with Crippen LogP contribution in [0.5, 0.6) is 0 Å². The fraction of sp³-hybridized carbons (Fsp3) is 0.850. The van der Waals surface area contributed by atoms with Crippen LogP contribution in [0, 0.1) is 29.6 Å². The zero-order valence-electron chi connectivity index (χ0n) is 29.7. The minimum Gasteiger partial charge on any atom is -0.385 e. The summed E-state index contributed by atoms with van der Waals surface area (Å²) >= 11 is 0. The Morgan fingerprint density at radius 1 is 1.02 bits per heavy atom. The number of ether oxygens (including phenoxy) is 1. The van der Waals surface area contributed by atoms with Crippen LogP contribution in [-0.2, 0) is 4.74 Å². The first-order chi connectivity index (χ1) is 21.7. The first kappa shape index (κ1) is 33.7. The average molecular weight is 624 g/mol. The van der Waals surface area contributed by atoms with Gasteiger partial charge in [0.25, 0.3) is 0 Å². The molecule has 1 N–H and O–H groups in total. The van der Waals surface area contributed by atoms with Crippen molar-refractivity contribution < 1.29 is 9.13 Å². The fourth-order valence-electron chi connectivity index (χ4n) is 10.0. The molecule has 5 unspecified atom stereocenters. The van der Waals surface area contributed by atoms with Crippen molar-refractivity contribution in [1.82, 2.24) is 15.1 Å². The molecule has 8 atom stereocenters. The van der Waals surface area contributed by atoms with E-state index in [1.54, 1.807) is 11.3 Å². The smallest absolute Gasteiger partial charge is 0.104 e. The Labute approximate surface area is 275 Å². The van der Waals surface area contributed by atoms with E-state index in [1.165, 1.54) is 95.0 Å². The summed E-state index contributed by atoms with van der Waals surface area (Å²) in [5.41, 5.74) is 6.32. The van der Waals surface area contributed by atoms with E-state index in [1.807, 2.05) is 0 Å². The lowest BCUT2D eigenvalue weighted by atomic mass is 9.72. The monoisotopic (exact) mass is 624 g/mol. The second-order valence-corrected chi connectivity index (χ2v) is 16.3. The number of likely N-dealkylation sites (tertiary alicyclic amines) is 1. The molecule has 4 nitrogen and oxygen atoms in total. The van der Waals surface area contributed by atoms with E-state index in [0.717, 1.165) is 30.7 Å². The molecule has 0 aromatic heterocycles. The molecule has 1 saturated heterocycles.